The van der Waals surface area contributed by atoms with Crippen molar-refractivity contribution in [3.8, 4) is 11.5 Å². The predicted octanol–water partition coefficient (Wildman–Crippen LogP) is 4.11. The van der Waals surface area contributed by atoms with Gasteiger partial charge in [-0.1, -0.05) is 33.2 Å². The van der Waals surface area contributed by atoms with Crippen LogP contribution in [0.1, 0.15) is 10.4 Å². The molecule has 0 bridgehead atoms. The molecule has 1 heterocycles. The molecule has 0 saturated heterocycles. The molecule has 1 amide bonds. The van der Waals surface area contributed by atoms with Gasteiger partial charge in [-0.25, -0.2) is 8.42 Å². The standard InChI is InChI=1S/C21H19BrN4O4S/c1-3-13-26(14-4-2)31(28,29)18-11-7-15(8-12-18)19(27)23-21-25-24-20(30-21)16-5-9-17(22)10-6-16/h3-12H,1-2,13-14H2,(H,23,25,27). The fraction of sp³-hybridized carbons (Fsp3) is 0.0952. The second-order valence-electron chi connectivity index (χ2n) is 6.30. The molecule has 8 nitrogen and oxygen atoms in total. The lowest BCUT2D eigenvalue weighted by atomic mass is 10.2. The van der Waals surface area contributed by atoms with Crippen LogP contribution in [0.4, 0.5) is 6.01 Å². The quantitative estimate of drug-likeness (QED) is 0.441. The normalized spacial score (nSPS) is 11.3. The lowest BCUT2D eigenvalue weighted by Crippen LogP contribution is -2.31. The van der Waals surface area contributed by atoms with Crippen molar-refractivity contribution in [2.24, 2.45) is 0 Å². The molecule has 0 radical (unpaired) electrons. The number of nitrogens with one attached hydrogen (secondary N) is 1. The number of hydrogen-bond donors (Lipinski definition) is 1. The lowest BCUT2D eigenvalue weighted by Gasteiger charge is -2.19. The van der Waals surface area contributed by atoms with Crippen molar-refractivity contribution in [3.05, 3.63) is 83.9 Å². The highest BCUT2D eigenvalue weighted by Crippen LogP contribution is 2.22. The van der Waals surface area contributed by atoms with E-state index in [0.717, 1.165) is 4.47 Å². The Labute approximate surface area is 188 Å². The molecule has 160 valence electrons. The molecule has 3 rings (SSSR count). The van der Waals surface area contributed by atoms with Crippen LogP contribution in [0, 0.1) is 0 Å². The largest absolute Gasteiger partial charge is 0.403 e. The number of anilines is 1. The highest BCUT2D eigenvalue weighted by molar-refractivity contribution is 9.10. The Balaban J connectivity index is 1.73. The predicted molar refractivity (Wildman–Crippen MR) is 121 cm³/mol. The third-order valence-electron chi connectivity index (χ3n) is 4.16. The van der Waals surface area contributed by atoms with E-state index in [0.29, 0.717) is 5.56 Å². The Morgan fingerprint density at radius 1 is 1.03 bits per heavy atom. The summed E-state index contributed by atoms with van der Waals surface area (Å²) in [5.74, 6) is -0.252. The van der Waals surface area contributed by atoms with Gasteiger partial charge >= 0.3 is 6.01 Å². The zero-order valence-corrected chi connectivity index (χ0v) is 18.8. The first-order chi connectivity index (χ1) is 14.8. The van der Waals surface area contributed by atoms with Crippen LogP contribution in [0.3, 0.4) is 0 Å². The third-order valence-corrected chi connectivity index (χ3v) is 6.53. The number of nitrogens with zero attached hydrogens (tertiary/aromatic N) is 3. The number of halogens is 1. The number of benzene rings is 2. The molecule has 1 N–H and O–H groups in total. The van der Waals surface area contributed by atoms with Crippen LogP contribution < -0.4 is 5.32 Å². The number of rotatable bonds is 9. The number of aromatic nitrogens is 2. The maximum Gasteiger partial charge on any atom is 0.322 e. The fourth-order valence-electron chi connectivity index (χ4n) is 2.64. The first-order valence-electron chi connectivity index (χ1n) is 9.08. The first-order valence-corrected chi connectivity index (χ1v) is 11.3. The minimum atomic E-state index is -3.74. The topological polar surface area (TPSA) is 105 Å². The Morgan fingerprint density at radius 3 is 2.23 bits per heavy atom. The van der Waals surface area contributed by atoms with Crippen LogP contribution >= 0.6 is 15.9 Å². The number of sulfonamides is 1. The Hall–Kier alpha value is -3.08. The van der Waals surface area contributed by atoms with Crippen LogP contribution in [0.15, 0.2) is 87.6 Å². The van der Waals surface area contributed by atoms with E-state index in [4.69, 9.17) is 4.42 Å². The monoisotopic (exact) mass is 502 g/mol. The highest BCUT2D eigenvalue weighted by Gasteiger charge is 2.23. The summed E-state index contributed by atoms with van der Waals surface area (Å²) < 4.78 is 33.1. The van der Waals surface area contributed by atoms with E-state index < -0.39 is 15.9 Å². The third kappa shape index (κ3) is 5.35. The van der Waals surface area contributed by atoms with Gasteiger partial charge < -0.3 is 4.42 Å². The zero-order chi connectivity index (χ0) is 22.4. The van der Waals surface area contributed by atoms with Gasteiger partial charge in [0.25, 0.3) is 5.91 Å². The molecule has 0 aliphatic heterocycles. The Kier molecular flexibility index (Phi) is 7.16. The summed E-state index contributed by atoms with van der Waals surface area (Å²) in [5, 5.41) is 10.2. The van der Waals surface area contributed by atoms with Crippen LogP contribution in [-0.2, 0) is 10.0 Å². The first kappa shape index (κ1) is 22.6. The second kappa shape index (κ2) is 9.82. The molecule has 0 spiro atoms. The van der Waals surface area contributed by atoms with E-state index in [9.17, 15) is 13.2 Å². The van der Waals surface area contributed by atoms with Gasteiger partial charge in [0.05, 0.1) is 4.90 Å². The van der Waals surface area contributed by atoms with Crippen molar-refractivity contribution >= 4 is 37.9 Å². The van der Waals surface area contributed by atoms with Gasteiger partial charge in [0, 0.05) is 28.7 Å². The minimum absolute atomic E-state index is 0.0584. The molecule has 1 aromatic heterocycles. The van der Waals surface area contributed by atoms with Crippen molar-refractivity contribution in [2.45, 2.75) is 4.90 Å². The lowest BCUT2D eigenvalue weighted by molar-refractivity contribution is 0.102. The molecule has 0 unspecified atom stereocenters. The average Bonchev–Trinajstić information content (AvgIpc) is 3.22. The van der Waals surface area contributed by atoms with E-state index in [-0.39, 0.29) is 35.5 Å². The maximum atomic E-state index is 12.7. The van der Waals surface area contributed by atoms with Gasteiger partial charge in [-0.15, -0.1) is 18.3 Å². The smallest absolute Gasteiger partial charge is 0.322 e. The Bertz CT molecular complexity index is 1180. The maximum absolute atomic E-state index is 12.7. The van der Waals surface area contributed by atoms with E-state index in [1.54, 1.807) is 12.1 Å². The molecule has 31 heavy (non-hydrogen) atoms. The number of carbonyl (C=O) groups is 1. The van der Waals surface area contributed by atoms with E-state index in [1.165, 1.54) is 40.7 Å². The van der Waals surface area contributed by atoms with Gasteiger partial charge in [-0.2, -0.15) is 4.31 Å². The Morgan fingerprint density at radius 2 is 1.65 bits per heavy atom. The summed E-state index contributed by atoms with van der Waals surface area (Å²) in [6, 6.07) is 12.7. The van der Waals surface area contributed by atoms with Crippen molar-refractivity contribution in [3.63, 3.8) is 0 Å². The molecule has 2 aromatic carbocycles. The molecule has 0 atom stereocenters. The zero-order valence-electron chi connectivity index (χ0n) is 16.4. The summed E-state index contributed by atoms with van der Waals surface area (Å²) in [7, 11) is -3.74. The van der Waals surface area contributed by atoms with Crippen LogP contribution in [-0.4, -0.2) is 41.9 Å². The van der Waals surface area contributed by atoms with Gasteiger partial charge in [-0.05, 0) is 48.5 Å². The SMILES string of the molecule is C=CCN(CC=C)S(=O)(=O)c1ccc(C(=O)Nc2nnc(-c3ccc(Br)cc3)o2)cc1. The van der Waals surface area contributed by atoms with E-state index in [2.05, 4.69) is 44.6 Å². The molecule has 0 fully saturated rings. The van der Waals surface area contributed by atoms with Crippen molar-refractivity contribution in [1.82, 2.24) is 14.5 Å². The number of amides is 1. The molecule has 0 aliphatic carbocycles. The number of hydrogen-bond acceptors (Lipinski definition) is 6. The molecular formula is C21H19BrN4O4S. The number of carbonyl (C=O) groups excluding carboxylic acids is 1. The molecule has 3 aromatic rings. The molecule has 0 saturated carbocycles. The summed E-state index contributed by atoms with van der Waals surface area (Å²) in [6.45, 7) is 7.45. The van der Waals surface area contributed by atoms with Gasteiger partial charge in [0.15, 0.2) is 0 Å². The van der Waals surface area contributed by atoms with Crippen molar-refractivity contribution in [2.75, 3.05) is 18.4 Å². The van der Waals surface area contributed by atoms with Crippen molar-refractivity contribution in [1.29, 1.82) is 0 Å². The van der Waals surface area contributed by atoms with Crippen LogP contribution in [0.5, 0.6) is 0 Å². The van der Waals surface area contributed by atoms with E-state index >= 15 is 0 Å². The average molecular weight is 503 g/mol. The molecular weight excluding hydrogens is 484 g/mol. The van der Waals surface area contributed by atoms with Gasteiger partial charge in [-0.3, -0.25) is 10.1 Å². The van der Waals surface area contributed by atoms with Gasteiger partial charge in [0.1, 0.15) is 0 Å². The highest BCUT2D eigenvalue weighted by atomic mass is 79.9. The van der Waals surface area contributed by atoms with Gasteiger partial charge in [0.2, 0.25) is 15.9 Å². The molecule has 0 aliphatic rings. The summed E-state index contributed by atoms with van der Waals surface area (Å²) in [4.78, 5) is 12.5. The minimum Gasteiger partial charge on any atom is -0.403 e. The van der Waals surface area contributed by atoms with Crippen LogP contribution in [0.25, 0.3) is 11.5 Å². The summed E-state index contributed by atoms with van der Waals surface area (Å²) >= 11 is 3.35. The van der Waals surface area contributed by atoms with E-state index in [1.807, 2.05) is 12.1 Å². The second-order valence-corrected chi connectivity index (χ2v) is 9.15. The van der Waals surface area contributed by atoms with Crippen molar-refractivity contribution < 1.29 is 17.6 Å². The summed E-state index contributed by atoms with van der Waals surface area (Å²) in [5.41, 5.74) is 0.940. The fourth-order valence-corrected chi connectivity index (χ4v) is 4.28. The molecule has 10 heteroatoms. The van der Waals surface area contributed by atoms with Crippen LogP contribution in [0.2, 0.25) is 0 Å². The summed E-state index contributed by atoms with van der Waals surface area (Å²) in [6.07, 6.45) is 2.99.